The fourth-order valence-electron chi connectivity index (χ4n) is 13.4. The number of unbranched alkanes of at least 4 members (excludes halogenated alkanes) is 1. The molecule has 36 N–H and O–H groups in total. The Kier molecular flexibility index (Phi) is 55.0. The summed E-state index contributed by atoms with van der Waals surface area (Å²) in [7, 11) is 0. The second-order valence-electron chi connectivity index (χ2n) is 34.9. The second-order valence-corrected chi connectivity index (χ2v) is 35.3. The topological polar surface area (TPSA) is 907 Å². The van der Waals surface area contributed by atoms with Crippen molar-refractivity contribution in [3.63, 3.8) is 0 Å². The van der Waals surface area contributed by atoms with Crippen LogP contribution in [0.5, 0.6) is 0 Å². The maximum absolute atomic E-state index is 14.4. The number of carboxylic acids is 1. The van der Waals surface area contributed by atoms with E-state index in [1.54, 1.807) is 41.5 Å². The Morgan fingerprint density at radius 1 is 0.362 bits per heavy atom. The van der Waals surface area contributed by atoms with E-state index in [0.717, 1.165) is 39.5 Å². The number of nitrogens with zero attached hydrogens (tertiary/aromatic N) is 1. The van der Waals surface area contributed by atoms with Crippen molar-refractivity contribution in [2.45, 2.75) is 301 Å². The van der Waals surface area contributed by atoms with Crippen molar-refractivity contribution in [3.8, 4) is 0 Å². The molecular formula is C82H141N25O30S. The van der Waals surface area contributed by atoms with Crippen LogP contribution in [0.3, 0.4) is 0 Å². The van der Waals surface area contributed by atoms with Gasteiger partial charge < -0.3 is 166 Å². The molecule has 56 heteroatoms. The highest BCUT2D eigenvalue weighted by molar-refractivity contribution is 7.80. The molecule has 1 heterocycles. The fourth-order valence-corrected chi connectivity index (χ4v) is 13.7. The average Bonchev–Trinajstić information content (AvgIpc) is 1.59. The van der Waals surface area contributed by atoms with Crippen molar-refractivity contribution in [1.82, 2.24) is 101 Å². The zero-order valence-corrected chi connectivity index (χ0v) is 80.3. The molecule has 138 heavy (non-hydrogen) atoms. The lowest BCUT2D eigenvalue weighted by Gasteiger charge is -2.32. The molecule has 1 aliphatic heterocycles. The monoisotopic (exact) mass is 1990 g/mol. The number of hydrogen-bond acceptors (Lipinski definition) is 32. The molecule has 21 atom stereocenters. The highest BCUT2D eigenvalue weighted by Crippen LogP contribution is 2.22. The number of rotatable bonds is 64. The van der Waals surface area contributed by atoms with E-state index in [1.807, 2.05) is 0 Å². The van der Waals surface area contributed by atoms with Crippen molar-refractivity contribution in [2.75, 3.05) is 45.1 Å². The molecule has 0 saturated carbocycles. The van der Waals surface area contributed by atoms with Gasteiger partial charge in [0, 0.05) is 18.7 Å². The third-order valence-electron chi connectivity index (χ3n) is 20.8. The normalized spacial score (nSPS) is 16.7. The number of hydrogen-bond donors (Lipinski definition) is 31. The number of nitrogens with two attached hydrogens (primary N) is 6. The molecule has 23 amide bonds. The Morgan fingerprint density at radius 3 is 1.14 bits per heavy atom. The van der Waals surface area contributed by atoms with Crippen LogP contribution in [-0.4, -0.2) is 350 Å². The van der Waals surface area contributed by atoms with Crippen molar-refractivity contribution in [1.29, 1.82) is 0 Å². The summed E-state index contributed by atoms with van der Waals surface area (Å²) in [6.45, 7) is 14.6. The summed E-state index contributed by atoms with van der Waals surface area (Å²) in [6.07, 6.45) is -8.94. The van der Waals surface area contributed by atoms with E-state index in [0.29, 0.717) is 0 Å². The minimum Gasteiger partial charge on any atom is -0.480 e. The summed E-state index contributed by atoms with van der Waals surface area (Å²) >= 11 is 4.11. The molecule has 0 aliphatic carbocycles. The molecule has 0 aromatic rings. The zero-order chi connectivity index (χ0) is 106. The van der Waals surface area contributed by atoms with Crippen molar-refractivity contribution >= 4 is 154 Å². The lowest BCUT2D eigenvalue weighted by Crippen LogP contribution is -2.62. The maximum Gasteiger partial charge on any atom is 0.328 e. The van der Waals surface area contributed by atoms with Crippen LogP contribution < -0.4 is 130 Å². The predicted molar refractivity (Wildman–Crippen MR) is 488 cm³/mol. The Hall–Kier alpha value is -12.6. The first-order valence-electron chi connectivity index (χ1n) is 44.6. The first kappa shape index (κ1) is 123. The SMILES string of the molecule is CC(C)C[C@H](NC(=O)[C@H](CO)NC(=O)[C@H](CS)NC(=O)[C@@H](NC(=O)[C@H](CC(C)C)NC(=O)[C@@H](NC(=O)CNC(=O)[C@H](C)NC(=O)[C@H](CC(N)=O)NC(=O)[C@H](CCCCN)NC(=O)[C@@H](NC(=O)[C@H](CC(C)C)NC(=O)[C@H](CCC(N)=O)NC(=O)[C@@H]1CCCN1C(=O)[C@@H](NC(=O)[C@H](C)NC(=O)[C@H](CC(N)=O)NC(=O)CNC(=O)[C@@H](N)CC(N)=O)[C@@H](C)O)[C@@H](C)O)C(C)C)[C@@H](C)O)C(=O)N[C@@H](CO)C(=O)O. The summed E-state index contributed by atoms with van der Waals surface area (Å²) < 4.78 is 0. The fraction of sp³-hybridized carbons (Fsp3) is 0.707. The second kappa shape index (κ2) is 61.5. The third-order valence-corrected chi connectivity index (χ3v) is 21.2. The number of aliphatic hydroxyl groups excluding tert-OH is 5. The van der Waals surface area contributed by atoms with Crippen molar-refractivity contribution in [2.24, 2.45) is 58.1 Å². The zero-order valence-electron chi connectivity index (χ0n) is 79.4. The maximum atomic E-state index is 14.4. The Morgan fingerprint density at radius 2 is 0.717 bits per heavy atom. The molecule has 0 spiro atoms. The lowest BCUT2D eigenvalue weighted by molar-refractivity contribution is -0.144. The van der Waals surface area contributed by atoms with Crippen LogP contribution in [0.4, 0.5) is 0 Å². The van der Waals surface area contributed by atoms with Gasteiger partial charge in [-0.2, -0.15) is 12.6 Å². The van der Waals surface area contributed by atoms with E-state index in [1.165, 1.54) is 13.8 Å². The van der Waals surface area contributed by atoms with E-state index in [9.17, 15) is 146 Å². The molecule has 1 aliphatic rings. The summed E-state index contributed by atoms with van der Waals surface area (Å²) in [6, 6.07) is -29.9. The number of thiol groups is 1. The Labute approximate surface area is 801 Å². The number of carboxylic acid groups (broad SMARTS) is 1. The highest BCUT2D eigenvalue weighted by Gasteiger charge is 2.44. The summed E-state index contributed by atoms with van der Waals surface area (Å²) in [5.41, 5.74) is 32.6. The van der Waals surface area contributed by atoms with Crippen LogP contribution >= 0.6 is 12.6 Å². The molecule has 1 fully saturated rings. The molecule has 1 saturated heterocycles. The molecule has 0 aromatic carbocycles. The van der Waals surface area contributed by atoms with Gasteiger partial charge in [0.25, 0.3) is 0 Å². The standard InChI is InChI=1S/C82H141N25O30S/c1-34(2)23-46(72(126)101-52(32-109)82(136)137)97-75(129)51(31-108)100-76(130)53(33-138)102-80(134)63(41(12)111)105-74(128)48(25-36(5)6)99-78(132)61(37(7)8)103-60(118)30-89-65(119)38(9)91-71(125)50(28-58(88)116)98-68(122)44(17-14-15-21-83)95-79(133)62(40(11)110)104-73(127)47(24-35(3)4)96-69(123)45(19-20-55(85)113)94-77(131)54-18-16-22-107(54)81(135)64(42(13)112)106-66(120)39(10)92-70(124)49(27-57(87)115)93-59(117)29-90-67(121)43(84)26-56(86)114/h34-54,61-64,108-112,138H,14-33,83-84H2,1-13H3,(H2,85,113)(H2,86,114)(H2,87,115)(H2,88,116)(H,89,119)(H,90,121)(H,91,125)(H,92,124)(H,93,117)(H,94,131)(H,95,133)(H,96,123)(H,97,129)(H,98,122)(H,99,132)(H,100,130)(H,101,126)(H,102,134)(H,103,118)(H,104,127)(H,105,128)(H,106,120)(H,136,137)/t38-,39-,40+,41+,42+,43-,44-,45-,46-,47-,48-,49-,50-,51-,52-,53-,54-,61-,62-,63-,64-/m0/s1. The van der Waals surface area contributed by atoms with E-state index in [-0.39, 0.29) is 76.3 Å². The van der Waals surface area contributed by atoms with E-state index >= 15 is 0 Å². The van der Waals surface area contributed by atoms with Crippen LogP contribution in [-0.2, 0) is 115 Å². The van der Waals surface area contributed by atoms with E-state index in [2.05, 4.69) is 108 Å². The quantitative estimate of drug-likeness (QED) is 0.0199. The predicted octanol–water partition coefficient (Wildman–Crippen LogP) is -14.7. The van der Waals surface area contributed by atoms with Gasteiger partial charge in [0.2, 0.25) is 136 Å². The van der Waals surface area contributed by atoms with Crippen LogP contribution in [0.25, 0.3) is 0 Å². The largest absolute Gasteiger partial charge is 0.480 e. The van der Waals surface area contributed by atoms with Gasteiger partial charge in [-0.25, -0.2) is 4.79 Å². The van der Waals surface area contributed by atoms with Gasteiger partial charge >= 0.3 is 5.97 Å². The van der Waals surface area contributed by atoms with Crippen LogP contribution in [0.15, 0.2) is 0 Å². The molecular weight excluding hydrogens is 1850 g/mol. The molecule has 0 unspecified atom stereocenters. The van der Waals surface area contributed by atoms with Crippen LogP contribution in [0.1, 0.15) is 173 Å². The average molecular weight is 1990 g/mol. The summed E-state index contributed by atoms with van der Waals surface area (Å²) in [5, 5.41) is 103. The Balaban J connectivity index is 3.38. The molecule has 0 bridgehead atoms. The number of likely N-dealkylation sites (tertiary alicyclic amines) is 1. The number of carbonyl (C=O) groups excluding carboxylic acids is 23. The number of aliphatic hydroxyl groups is 5. The number of nitrogens with one attached hydrogen (secondary N) is 18. The summed E-state index contributed by atoms with van der Waals surface area (Å²) in [5.74, 6) is -28.9. The van der Waals surface area contributed by atoms with Crippen molar-refractivity contribution in [3.05, 3.63) is 0 Å². The highest BCUT2D eigenvalue weighted by atomic mass is 32.1. The van der Waals surface area contributed by atoms with Gasteiger partial charge in [-0.3, -0.25) is 110 Å². The van der Waals surface area contributed by atoms with Crippen molar-refractivity contribution < 1.29 is 146 Å². The first-order chi connectivity index (χ1) is 64.2. The van der Waals surface area contributed by atoms with E-state index in [4.69, 9.17) is 34.4 Å². The molecule has 0 radical (unpaired) electrons. The van der Waals surface area contributed by atoms with Gasteiger partial charge in [-0.1, -0.05) is 55.4 Å². The number of primary amides is 4. The lowest BCUT2D eigenvalue weighted by atomic mass is 9.99. The van der Waals surface area contributed by atoms with E-state index < -0.39 is 345 Å². The molecule has 0 aromatic heterocycles. The number of aliphatic carboxylic acids is 1. The minimum absolute atomic E-state index is 0.0616. The third kappa shape index (κ3) is 44.7. The van der Waals surface area contributed by atoms with Gasteiger partial charge in [-0.05, 0) is 123 Å². The molecule has 780 valence electrons. The van der Waals surface area contributed by atoms with Crippen LogP contribution in [0.2, 0.25) is 0 Å². The smallest absolute Gasteiger partial charge is 0.328 e. The van der Waals surface area contributed by atoms with Gasteiger partial charge in [-0.15, -0.1) is 0 Å². The molecule has 1 rings (SSSR count). The number of amides is 23. The van der Waals surface area contributed by atoms with Gasteiger partial charge in [0.1, 0.15) is 103 Å². The summed E-state index contributed by atoms with van der Waals surface area (Å²) in [4.78, 5) is 321. The minimum atomic E-state index is -1.96. The molecule has 55 nitrogen and oxygen atoms in total. The number of carbonyl (C=O) groups is 24. The van der Waals surface area contributed by atoms with Gasteiger partial charge in [0.05, 0.1) is 69.9 Å². The first-order valence-corrected chi connectivity index (χ1v) is 45.3. The van der Waals surface area contributed by atoms with Crippen LogP contribution in [0, 0.1) is 23.7 Å². The Bertz CT molecular complexity index is 4260. The van der Waals surface area contributed by atoms with Gasteiger partial charge in [0.15, 0.2) is 0 Å².